The Morgan fingerprint density at radius 3 is 0.745 bits per heavy atom. The number of carbonyl (C=O) groups is 4. The monoisotopic (exact) mass is 1490 g/mol. The molecule has 0 aliphatic carbocycles. The Balaban J connectivity index is 5.23. The summed E-state index contributed by atoms with van der Waals surface area (Å²) in [6.07, 6.45) is 62.5. The summed E-state index contributed by atoms with van der Waals surface area (Å²) in [6.45, 7) is 12.0. The van der Waals surface area contributed by atoms with Gasteiger partial charge in [0.25, 0.3) is 0 Å². The second kappa shape index (κ2) is 73.2. The minimum Gasteiger partial charge on any atom is -0.462 e. The second-order valence-electron chi connectivity index (χ2n) is 31.1. The van der Waals surface area contributed by atoms with Crippen molar-refractivity contribution in [2.24, 2.45) is 17.8 Å². The van der Waals surface area contributed by atoms with Crippen molar-refractivity contribution in [1.82, 2.24) is 0 Å². The highest BCUT2D eigenvalue weighted by molar-refractivity contribution is 7.47. The Kier molecular flexibility index (Phi) is 71.8. The molecule has 0 aromatic heterocycles. The number of hydrogen-bond donors (Lipinski definition) is 3. The van der Waals surface area contributed by atoms with Crippen LogP contribution in [0.15, 0.2) is 0 Å². The predicted octanol–water partition coefficient (Wildman–Crippen LogP) is 24.9. The van der Waals surface area contributed by atoms with Crippen molar-refractivity contribution in [3.8, 4) is 0 Å². The largest absolute Gasteiger partial charge is 0.472 e. The van der Waals surface area contributed by atoms with E-state index in [0.717, 1.165) is 108 Å². The molecule has 3 N–H and O–H groups in total. The van der Waals surface area contributed by atoms with Crippen LogP contribution in [0.1, 0.15) is 434 Å². The van der Waals surface area contributed by atoms with Crippen molar-refractivity contribution < 1.29 is 80.2 Å². The average molecular weight is 1490 g/mol. The van der Waals surface area contributed by atoms with Gasteiger partial charge in [-0.15, -0.1) is 0 Å². The summed E-state index contributed by atoms with van der Waals surface area (Å²) in [5.41, 5.74) is 0. The SMILES string of the molecule is CCCCCCCCCCCCCCCCCCCCCCCCC(=O)O[C@H](COC(=O)CCCCCCCCCCCCC(C)CC)COP(=O)(O)OC[C@@H](O)COP(=O)(O)OC[C@@H](COC(=O)CCCCCCCCCCCCC(C)C)OC(=O)CCCCCCCCCCCCC(C)C. The van der Waals surface area contributed by atoms with E-state index in [1.165, 1.54) is 244 Å². The molecule has 0 aromatic rings. The summed E-state index contributed by atoms with van der Waals surface area (Å²) >= 11 is 0. The van der Waals surface area contributed by atoms with Crippen LogP contribution in [0.2, 0.25) is 0 Å². The van der Waals surface area contributed by atoms with Gasteiger partial charge in [-0.3, -0.25) is 37.3 Å². The van der Waals surface area contributed by atoms with Crippen LogP contribution >= 0.6 is 15.6 Å². The van der Waals surface area contributed by atoms with Gasteiger partial charge in [-0.25, -0.2) is 9.13 Å². The van der Waals surface area contributed by atoms with Crippen molar-refractivity contribution in [3.05, 3.63) is 0 Å². The second-order valence-corrected chi connectivity index (χ2v) is 34.0. The first-order valence-electron chi connectivity index (χ1n) is 42.9. The summed E-state index contributed by atoms with van der Waals surface area (Å²) in [7, 11) is -9.92. The van der Waals surface area contributed by atoms with Gasteiger partial charge in [-0.2, -0.15) is 0 Å². The Hall–Kier alpha value is -1.94. The molecule has 0 saturated carbocycles. The van der Waals surface area contributed by atoms with Crippen LogP contribution in [0, 0.1) is 17.8 Å². The van der Waals surface area contributed by atoms with E-state index in [0.29, 0.717) is 25.7 Å². The molecule has 19 heteroatoms. The molecule has 0 bridgehead atoms. The number of hydrogen-bond acceptors (Lipinski definition) is 15. The van der Waals surface area contributed by atoms with Crippen LogP contribution in [-0.2, 0) is 65.4 Å². The lowest BCUT2D eigenvalue weighted by atomic mass is 9.99. The summed E-state index contributed by atoms with van der Waals surface area (Å²) in [4.78, 5) is 73.1. The molecule has 102 heavy (non-hydrogen) atoms. The van der Waals surface area contributed by atoms with Crippen molar-refractivity contribution in [2.45, 2.75) is 452 Å². The topological polar surface area (TPSA) is 237 Å². The van der Waals surface area contributed by atoms with Crippen molar-refractivity contribution in [1.29, 1.82) is 0 Å². The van der Waals surface area contributed by atoms with Crippen molar-refractivity contribution in [3.63, 3.8) is 0 Å². The normalized spacial score (nSPS) is 14.2. The first-order chi connectivity index (χ1) is 49.3. The maximum absolute atomic E-state index is 13.1. The maximum atomic E-state index is 13.1. The number of phosphoric ester groups is 2. The first-order valence-corrected chi connectivity index (χ1v) is 45.9. The molecule has 0 saturated heterocycles. The molecule has 17 nitrogen and oxygen atoms in total. The van der Waals surface area contributed by atoms with E-state index in [2.05, 4.69) is 48.5 Å². The molecular weight excluding hydrogens is 1330 g/mol. The Morgan fingerprint density at radius 1 is 0.284 bits per heavy atom. The Bertz CT molecular complexity index is 1980. The van der Waals surface area contributed by atoms with Gasteiger partial charge >= 0.3 is 39.5 Å². The molecule has 0 amide bonds. The summed E-state index contributed by atoms with van der Waals surface area (Å²) in [5.74, 6) is 0.210. The fourth-order valence-electron chi connectivity index (χ4n) is 12.8. The standard InChI is InChI=1S/C83H162O17P2/c1-8-10-11-12-13-14-15-16-17-18-19-20-21-22-23-24-25-26-38-45-52-59-66-82(87)99-78(70-94-81(86)65-58-51-44-37-32-29-35-42-49-56-63-76(7)9-2)72-97-101(89,90)95-68-77(84)69-96-102(91,92)98-73-79(100-83(88)67-60-53-46-39-31-28-34-41-48-55-62-75(5)6)71-93-80(85)64-57-50-43-36-30-27-33-40-47-54-61-74(3)4/h74-79,84H,8-73H2,1-7H3,(H,89,90)(H,91,92)/t76?,77-,78-,79-/m1/s1. The number of ether oxygens (including phenoxy) is 4. The fraction of sp³-hybridized carbons (Fsp3) is 0.952. The number of esters is 4. The van der Waals surface area contributed by atoms with E-state index in [1.807, 2.05) is 0 Å². The maximum Gasteiger partial charge on any atom is 0.472 e. The fourth-order valence-corrected chi connectivity index (χ4v) is 14.4. The molecule has 0 aliphatic rings. The molecule has 0 heterocycles. The highest BCUT2D eigenvalue weighted by Crippen LogP contribution is 2.45. The van der Waals surface area contributed by atoms with Crippen molar-refractivity contribution in [2.75, 3.05) is 39.6 Å². The van der Waals surface area contributed by atoms with Crippen LogP contribution in [0.5, 0.6) is 0 Å². The molecule has 0 fully saturated rings. The van der Waals surface area contributed by atoms with Gasteiger partial charge in [0.2, 0.25) is 0 Å². The van der Waals surface area contributed by atoms with Gasteiger partial charge in [0.1, 0.15) is 19.3 Å². The predicted molar refractivity (Wildman–Crippen MR) is 418 cm³/mol. The highest BCUT2D eigenvalue weighted by Gasteiger charge is 2.30. The quantitative estimate of drug-likeness (QED) is 0.0222. The van der Waals surface area contributed by atoms with E-state index >= 15 is 0 Å². The number of phosphoric acid groups is 2. The third kappa shape index (κ3) is 74.9. The smallest absolute Gasteiger partial charge is 0.462 e. The lowest BCUT2D eigenvalue weighted by Gasteiger charge is -2.21. The third-order valence-corrected chi connectivity index (χ3v) is 21.6. The molecule has 0 rings (SSSR count). The summed E-state index contributed by atoms with van der Waals surface area (Å²) in [5, 5.41) is 10.7. The molecule has 606 valence electrons. The Morgan fingerprint density at radius 2 is 0.500 bits per heavy atom. The zero-order valence-corrected chi connectivity index (χ0v) is 68.9. The minimum atomic E-state index is -4.96. The van der Waals surface area contributed by atoms with Crippen molar-refractivity contribution >= 4 is 39.5 Å². The Labute approximate surface area is 626 Å². The number of aliphatic hydroxyl groups is 1. The molecule has 0 spiro atoms. The minimum absolute atomic E-state index is 0.106. The van der Waals surface area contributed by atoms with Gasteiger partial charge in [0.15, 0.2) is 12.2 Å². The van der Waals surface area contributed by atoms with Crippen LogP contribution in [0.3, 0.4) is 0 Å². The number of aliphatic hydroxyl groups excluding tert-OH is 1. The summed E-state index contributed by atoms with van der Waals surface area (Å²) < 4.78 is 68.8. The average Bonchev–Trinajstić information content (AvgIpc) is 0.911. The van der Waals surface area contributed by atoms with Gasteiger partial charge < -0.3 is 33.8 Å². The van der Waals surface area contributed by atoms with E-state index in [9.17, 15) is 43.2 Å². The van der Waals surface area contributed by atoms with E-state index in [-0.39, 0.29) is 25.7 Å². The van der Waals surface area contributed by atoms with Gasteiger partial charge in [-0.1, -0.05) is 382 Å². The molecule has 3 unspecified atom stereocenters. The zero-order chi connectivity index (χ0) is 75.1. The van der Waals surface area contributed by atoms with Crippen LogP contribution in [-0.4, -0.2) is 96.7 Å². The molecule has 6 atom stereocenters. The van der Waals surface area contributed by atoms with Crippen LogP contribution in [0.25, 0.3) is 0 Å². The molecular formula is C83H162O17P2. The van der Waals surface area contributed by atoms with E-state index in [1.54, 1.807) is 0 Å². The lowest BCUT2D eigenvalue weighted by molar-refractivity contribution is -0.161. The van der Waals surface area contributed by atoms with Crippen LogP contribution < -0.4 is 0 Å². The lowest BCUT2D eigenvalue weighted by Crippen LogP contribution is -2.30. The molecule has 0 radical (unpaired) electrons. The third-order valence-electron chi connectivity index (χ3n) is 19.7. The highest BCUT2D eigenvalue weighted by atomic mass is 31.2. The molecule has 0 aliphatic heterocycles. The first kappa shape index (κ1) is 100. The van der Waals surface area contributed by atoms with E-state index < -0.39 is 97.5 Å². The van der Waals surface area contributed by atoms with Crippen LogP contribution in [0.4, 0.5) is 0 Å². The number of unbranched alkanes of at least 4 members (excludes halogenated alkanes) is 48. The zero-order valence-electron chi connectivity index (χ0n) is 67.1. The van der Waals surface area contributed by atoms with Gasteiger partial charge in [-0.05, 0) is 43.4 Å². The number of carbonyl (C=O) groups excluding carboxylic acids is 4. The summed E-state index contributed by atoms with van der Waals surface area (Å²) in [6, 6.07) is 0. The van der Waals surface area contributed by atoms with Gasteiger partial charge in [0.05, 0.1) is 26.4 Å². The molecule has 0 aromatic carbocycles. The van der Waals surface area contributed by atoms with Gasteiger partial charge in [0, 0.05) is 25.7 Å². The number of rotatable bonds is 81. The van der Waals surface area contributed by atoms with E-state index in [4.69, 9.17) is 37.0 Å².